The Morgan fingerprint density at radius 3 is 2.53 bits per heavy atom. The van der Waals surface area contributed by atoms with Gasteiger partial charge in [-0.15, -0.1) is 0 Å². The second-order valence-electron chi connectivity index (χ2n) is 5.50. The number of carbonyl (C=O) groups excluding carboxylic acids is 1. The number of quaternary nitrogens is 1. The third-order valence-electron chi connectivity index (χ3n) is 2.28. The van der Waals surface area contributed by atoms with Crippen LogP contribution < -0.4 is 10.8 Å². The minimum atomic E-state index is -0.318. The fraction of sp³-hybridized carbons (Fsp3) is 0.727. The highest BCUT2D eigenvalue weighted by atomic mass is 16.7. The molecule has 0 saturated heterocycles. The number of rotatable bonds is 2. The predicted molar refractivity (Wildman–Crippen MR) is 57.7 cm³/mol. The quantitative estimate of drug-likeness (QED) is 0.655. The highest BCUT2D eigenvalue weighted by molar-refractivity contribution is 5.65. The standard InChI is InChI=1S/C11H20N2O2/c1-8(14)15-12-9-6-10(2,3)13-11(4,5)7-9/h6,12-13H,7H2,1-5H3/p+1. The summed E-state index contributed by atoms with van der Waals surface area (Å²) >= 11 is 0. The van der Waals surface area contributed by atoms with Crippen LogP contribution in [0, 0.1) is 0 Å². The lowest BCUT2D eigenvalue weighted by molar-refractivity contribution is -0.771. The Hall–Kier alpha value is -1.03. The van der Waals surface area contributed by atoms with Gasteiger partial charge in [-0.3, -0.25) is 4.79 Å². The molecule has 0 bridgehead atoms. The molecule has 1 aliphatic heterocycles. The summed E-state index contributed by atoms with van der Waals surface area (Å²) in [6.45, 7) is 10.0. The van der Waals surface area contributed by atoms with E-state index in [1.807, 2.05) is 0 Å². The fourth-order valence-corrected chi connectivity index (χ4v) is 2.29. The molecule has 15 heavy (non-hydrogen) atoms. The Bertz CT molecular complexity index is 293. The summed E-state index contributed by atoms with van der Waals surface area (Å²) in [6, 6.07) is 0. The molecule has 3 N–H and O–H groups in total. The summed E-state index contributed by atoms with van der Waals surface area (Å²) in [5.74, 6) is -0.318. The predicted octanol–water partition coefficient (Wildman–Crippen LogP) is 0.462. The van der Waals surface area contributed by atoms with Gasteiger partial charge >= 0.3 is 5.97 Å². The van der Waals surface area contributed by atoms with E-state index in [4.69, 9.17) is 4.84 Å². The number of hydrogen-bond donors (Lipinski definition) is 2. The number of nitrogens with two attached hydrogens (primary N) is 1. The molecule has 4 heteroatoms. The first-order valence-electron chi connectivity index (χ1n) is 5.22. The third-order valence-corrected chi connectivity index (χ3v) is 2.28. The van der Waals surface area contributed by atoms with E-state index in [1.54, 1.807) is 0 Å². The second kappa shape index (κ2) is 3.85. The van der Waals surface area contributed by atoms with Crippen LogP contribution in [0.4, 0.5) is 0 Å². The van der Waals surface area contributed by atoms with Crippen molar-refractivity contribution in [2.75, 3.05) is 0 Å². The van der Waals surface area contributed by atoms with Crippen molar-refractivity contribution in [3.8, 4) is 0 Å². The molecular formula is C11H21N2O2+. The van der Waals surface area contributed by atoms with Gasteiger partial charge < -0.3 is 10.2 Å². The van der Waals surface area contributed by atoms with Crippen LogP contribution in [-0.2, 0) is 9.63 Å². The Labute approximate surface area is 91.0 Å². The average Bonchev–Trinajstić information content (AvgIpc) is 1.94. The van der Waals surface area contributed by atoms with Gasteiger partial charge in [0.2, 0.25) is 0 Å². The molecule has 0 saturated carbocycles. The molecular weight excluding hydrogens is 192 g/mol. The highest BCUT2D eigenvalue weighted by Crippen LogP contribution is 2.19. The van der Waals surface area contributed by atoms with Gasteiger partial charge in [0, 0.05) is 13.3 Å². The molecule has 0 aromatic heterocycles. The van der Waals surface area contributed by atoms with Gasteiger partial charge in [0.1, 0.15) is 5.54 Å². The molecule has 4 nitrogen and oxygen atoms in total. The zero-order valence-corrected chi connectivity index (χ0v) is 10.2. The van der Waals surface area contributed by atoms with E-state index in [-0.39, 0.29) is 17.0 Å². The molecule has 1 heterocycles. The van der Waals surface area contributed by atoms with Crippen LogP contribution in [0.3, 0.4) is 0 Å². The van der Waals surface area contributed by atoms with Gasteiger partial charge in [-0.2, -0.15) is 0 Å². The molecule has 0 aliphatic carbocycles. The number of hydroxylamine groups is 1. The van der Waals surface area contributed by atoms with E-state index in [9.17, 15) is 4.79 Å². The first kappa shape index (κ1) is 12.0. The van der Waals surface area contributed by atoms with Gasteiger partial charge in [0.05, 0.1) is 11.2 Å². The number of nitrogens with one attached hydrogen (secondary N) is 1. The van der Waals surface area contributed by atoms with Crippen LogP contribution in [0.2, 0.25) is 0 Å². The molecule has 0 aromatic carbocycles. The molecule has 0 radical (unpaired) electrons. The molecule has 86 valence electrons. The van der Waals surface area contributed by atoms with Crippen LogP contribution in [-0.4, -0.2) is 17.0 Å². The van der Waals surface area contributed by atoms with E-state index >= 15 is 0 Å². The third kappa shape index (κ3) is 3.91. The van der Waals surface area contributed by atoms with E-state index in [2.05, 4.69) is 44.6 Å². The fourth-order valence-electron chi connectivity index (χ4n) is 2.29. The van der Waals surface area contributed by atoms with Crippen molar-refractivity contribution in [1.29, 1.82) is 0 Å². The van der Waals surface area contributed by atoms with Crippen LogP contribution in [0.1, 0.15) is 41.0 Å². The maximum absolute atomic E-state index is 10.7. The monoisotopic (exact) mass is 213 g/mol. The molecule has 0 atom stereocenters. The lowest BCUT2D eigenvalue weighted by Gasteiger charge is -2.37. The SMILES string of the molecule is CC(=O)ONC1=CC(C)(C)[NH2+]C(C)(C)C1. The summed E-state index contributed by atoms with van der Waals surface area (Å²) in [7, 11) is 0. The Morgan fingerprint density at radius 2 is 2.07 bits per heavy atom. The summed E-state index contributed by atoms with van der Waals surface area (Å²) in [5, 5.41) is 2.32. The maximum Gasteiger partial charge on any atom is 0.329 e. The van der Waals surface area contributed by atoms with Crippen LogP contribution in [0.15, 0.2) is 11.8 Å². The molecule has 0 amide bonds. The average molecular weight is 213 g/mol. The molecule has 0 fully saturated rings. The lowest BCUT2D eigenvalue weighted by Crippen LogP contribution is -3.04. The van der Waals surface area contributed by atoms with Gasteiger partial charge in [-0.05, 0) is 33.8 Å². The molecule has 0 spiro atoms. The van der Waals surface area contributed by atoms with E-state index in [0.29, 0.717) is 0 Å². The first-order chi connectivity index (χ1) is 6.70. The molecule has 0 unspecified atom stereocenters. The van der Waals surface area contributed by atoms with Gasteiger partial charge in [0.25, 0.3) is 0 Å². The lowest BCUT2D eigenvalue weighted by atomic mass is 9.87. The summed E-state index contributed by atoms with van der Waals surface area (Å²) in [5.41, 5.74) is 3.86. The topological polar surface area (TPSA) is 54.9 Å². The molecule has 0 aromatic rings. The normalized spacial score (nSPS) is 22.9. The van der Waals surface area contributed by atoms with E-state index in [1.165, 1.54) is 6.92 Å². The minimum absolute atomic E-state index is 0.0320. The zero-order chi connectivity index (χ0) is 11.7. The largest absolute Gasteiger partial charge is 0.344 e. The number of carbonyl (C=O) groups is 1. The summed E-state index contributed by atoms with van der Waals surface area (Å²) in [6.07, 6.45) is 2.96. The summed E-state index contributed by atoms with van der Waals surface area (Å²) in [4.78, 5) is 15.5. The van der Waals surface area contributed by atoms with Crippen molar-refractivity contribution in [3.05, 3.63) is 11.8 Å². The second-order valence-corrected chi connectivity index (χ2v) is 5.50. The minimum Gasteiger partial charge on any atom is -0.344 e. The smallest absolute Gasteiger partial charge is 0.329 e. The van der Waals surface area contributed by atoms with Crippen LogP contribution in [0.25, 0.3) is 0 Å². The van der Waals surface area contributed by atoms with Gasteiger partial charge in [-0.1, -0.05) is 0 Å². The van der Waals surface area contributed by atoms with Crippen molar-refractivity contribution < 1.29 is 14.9 Å². The van der Waals surface area contributed by atoms with E-state index < -0.39 is 0 Å². The Morgan fingerprint density at radius 1 is 1.47 bits per heavy atom. The van der Waals surface area contributed by atoms with Gasteiger partial charge in [-0.25, -0.2) is 5.48 Å². The number of hydrogen-bond acceptors (Lipinski definition) is 3. The first-order valence-corrected chi connectivity index (χ1v) is 5.22. The van der Waals surface area contributed by atoms with Crippen molar-refractivity contribution in [2.45, 2.75) is 52.1 Å². The maximum atomic E-state index is 10.7. The Balaban J connectivity index is 2.71. The van der Waals surface area contributed by atoms with Gasteiger partial charge in [0.15, 0.2) is 0 Å². The molecule has 1 aliphatic rings. The Kier molecular flexibility index (Phi) is 3.09. The van der Waals surface area contributed by atoms with Crippen LogP contribution >= 0.6 is 0 Å². The highest BCUT2D eigenvalue weighted by Gasteiger charge is 2.36. The van der Waals surface area contributed by atoms with Crippen molar-refractivity contribution in [1.82, 2.24) is 5.48 Å². The van der Waals surface area contributed by atoms with E-state index in [0.717, 1.165) is 12.1 Å². The van der Waals surface area contributed by atoms with Crippen molar-refractivity contribution >= 4 is 5.97 Å². The summed E-state index contributed by atoms with van der Waals surface area (Å²) < 4.78 is 0. The van der Waals surface area contributed by atoms with Crippen molar-refractivity contribution in [3.63, 3.8) is 0 Å². The molecule has 1 rings (SSSR count). The van der Waals surface area contributed by atoms with Crippen LogP contribution in [0.5, 0.6) is 0 Å². The van der Waals surface area contributed by atoms with Crippen molar-refractivity contribution in [2.24, 2.45) is 0 Å². The zero-order valence-electron chi connectivity index (χ0n) is 10.2.